The maximum Gasteiger partial charge on any atom is 0.308 e. The molecule has 0 radical (unpaired) electrons. The van der Waals surface area contributed by atoms with Gasteiger partial charge in [-0.1, -0.05) is 0 Å². The molecule has 80 valence electrons. The largest absolute Gasteiger partial charge is 0.466 e. The van der Waals surface area contributed by atoms with Crippen LogP contribution >= 0.6 is 0 Å². The normalized spacial score (nSPS) is 36.5. The van der Waals surface area contributed by atoms with E-state index >= 15 is 0 Å². The van der Waals surface area contributed by atoms with Crippen LogP contribution in [-0.2, 0) is 9.53 Å². The highest BCUT2D eigenvalue weighted by Crippen LogP contribution is 2.35. The van der Waals surface area contributed by atoms with Crippen molar-refractivity contribution in [2.45, 2.75) is 26.2 Å². The molecule has 1 unspecified atom stereocenters. The summed E-state index contributed by atoms with van der Waals surface area (Å²) in [7, 11) is 0. The van der Waals surface area contributed by atoms with Crippen molar-refractivity contribution in [3.05, 3.63) is 0 Å². The highest BCUT2D eigenvalue weighted by atomic mass is 16.5. The predicted molar refractivity (Wildman–Crippen MR) is 53.8 cm³/mol. The number of carbonyl (C=O) groups excluding carboxylic acids is 1. The van der Waals surface area contributed by atoms with Gasteiger partial charge < -0.3 is 10.1 Å². The van der Waals surface area contributed by atoms with E-state index in [2.05, 4.69) is 5.32 Å². The molecule has 2 aliphatic rings. The lowest BCUT2D eigenvalue weighted by atomic mass is 9.73. The summed E-state index contributed by atoms with van der Waals surface area (Å²) in [5.41, 5.74) is 0. The fraction of sp³-hybridized carbons (Fsp3) is 0.909. The fourth-order valence-corrected chi connectivity index (χ4v) is 2.84. The molecule has 0 spiro atoms. The minimum atomic E-state index is 0.0316. The smallest absolute Gasteiger partial charge is 0.308 e. The van der Waals surface area contributed by atoms with Crippen molar-refractivity contribution in [3.8, 4) is 0 Å². The molecule has 1 saturated carbocycles. The Bertz CT molecular complexity index is 205. The molecule has 1 aliphatic heterocycles. The van der Waals surface area contributed by atoms with Gasteiger partial charge in [0.15, 0.2) is 0 Å². The summed E-state index contributed by atoms with van der Waals surface area (Å²) < 4.78 is 5.09. The molecule has 3 nitrogen and oxygen atoms in total. The molecule has 0 aromatic rings. The average Bonchev–Trinajstić information content (AvgIpc) is 2.17. The SMILES string of the molecule is CCOC(=O)C1C[C@H]2CNC[C@@H](C1)C2. The van der Waals surface area contributed by atoms with E-state index in [1.54, 1.807) is 0 Å². The van der Waals surface area contributed by atoms with Gasteiger partial charge in [-0.3, -0.25) is 4.79 Å². The lowest BCUT2D eigenvalue weighted by Gasteiger charge is -2.38. The Hall–Kier alpha value is -0.570. The quantitative estimate of drug-likeness (QED) is 0.676. The maximum atomic E-state index is 11.6. The minimum Gasteiger partial charge on any atom is -0.466 e. The Morgan fingerprint density at radius 3 is 2.50 bits per heavy atom. The van der Waals surface area contributed by atoms with E-state index < -0.39 is 0 Å². The van der Waals surface area contributed by atoms with Gasteiger partial charge in [-0.2, -0.15) is 0 Å². The van der Waals surface area contributed by atoms with Crippen LogP contribution in [0.1, 0.15) is 26.2 Å². The monoisotopic (exact) mass is 197 g/mol. The molecule has 0 aromatic carbocycles. The van der Waals surface area contributed by atoms with Crippen molar-refractivity contribution in [2.24, 2.45) is 17.8 Å². The van der Waals surface area contributed by atoms with Crippen molar-refractivity contribution < 1.29 is 9.53 Å². The van der Waals surface area contributed by atoms with E-state index in [9.17, 15) is 4.79 Å². The lowest BCUT2D eigenvalue weighted by molar-refractivity contribution is -0.150. The number of fused-ring (bicyclic) bond motifs is 2. The van der Waals surface area contributed by atoms with Crippen LogP contribution in [0.4, 0.5) is 0 Å². The van der Waals surface area contributed by atoms with Crippen molar-refractivity contribution in [1.82, 2.24) is 5.32 Å². The highest BCUT2D eigenvalue weighted by Gasteiger charge is 2.35. The van der Waals surface area contributed by atoms with Crippen molar-refractivity contribution in [3.63, 3.8) is 0 Å². The summed E-state index contributed by atoms with van der Waals surface area (Å²) in [6, 6.07) is 0. The first-order valence-corrected chi connectivity index (χ1v) is 5.67. The van der Waals surface area contributed by atoms with Crippen LogP contribution in [0.3, 0.4) is 0 Å². The van der Waals surface area contributed by atoms with E-state index in [0.717, 1.165) is 25.9 Å². The number of rotatable bonds is 2. The van der Waals surface area contributed by atoms with Gasteiger partial charge in [0.25, 0.3) is 0 Å². The molecule has 2 bridgehead atoms. The van der Waals surface area contributed by atoms with Crippen LogP contribution in [0.25, 0.3) is 0 Å². The molecule has 2 rings (SSSR count). The number of hydrogen-bond donors (Lipinski definition) is 1. The first kappa shape index (κ1) is 9.97. The molecule has 2 fully saturated rings. The molecule has 1 heterocycles. The topological polar surface area (TPSA) is 38.3 Å². The van der Waals surface area contributed by atoms with Crippen LogP contribution in [0.15, 0.2) is 0 Å². The number of carbonyl (C=O) groups is 1. The summed E-state index contributed by atoms with van der Waals surface area (Å²) in [6.45, 7) is 4.57. The maximum absolute atomic E-state index is 11.6. The molecule has 0 amide bonds. The van der Waals surface area contributed by atoms with E-state index in [-0.39, 0.29) is 11.9 Å². The number of hydrogen-bond acceptors (Lipinski definition) is 3. The summed E-state index contributed by atoms with van der Waals surface area (Å²) in [5, 5.41) is 3.43. The molecular weight excluding hydrogens is 178 g/mol. The van der Waals surface area contributed by atoms with Gasteiger partial charge in [-0.25, -0.2) is 0 Å². The van der Waals surface area contributed by atoms with E-state index in [1.807, 2.05) is 6.92 Å². The second-order valence-electron chi connectivity index (χ2n) is 4.55. The number of esters is 1. The standard InChI is InChI=1S/C11H19NO2/c1-2-14-11(13)10-4-8-3-9(5-10)7-12-6-8/h8-10,12H,2-7H2,1H3/t8-,9+,10?. The second-order valence-corrected chi connectivity index (χ2v) is 4.55. The van der Waals surface area contributed by atoms with Crippen LogP contribution in [0, 0.1) is 17.8 Å². The molecular formula is C11H19NO2. The molecule has 3 atom stereocenters. The number of piperidine rings is 1. The van der Waals surface area contributed by atoms with Gasteiger partial charge in [-0.15, -0.1) is 0 Å². The van der Waals surface area contributed by atoms with Crippen molar-refractivity contribution in [1.29, 1.82) is 0 Å². The first-order valence-electron chi connectivity index (χ1n) is 5.67. The zero-order valence-electron chi connectivity index (χ0n) is 8.79. The first-order chi connectivity index (χ1) is 6.79. The van der Waals surface area contributed by atoms with Gasteiger partial charge in [-0.05, 0) is 51.1 Å². The number of nitrogens with one attached hydrogen (secondary N) is 1. The summed E-state index contributed by atoms with van der Waals surface area (Å²) >= 11 is 0. The molecule has 1 saturated heterocycles. The zero-order chi connectivity index (χ0) is 9.97. The molecule has 1 aliphatic carbocycles. The van der Waals surface area contributed by atoms with Crippen LogP contribution in [0.2, 0.25) is 0 Å². The third-order valence-corrected chi connectivity index (χ3v) is 3.39. The summed E-state index contributed by atoms with van der Waals surface area (Å²) in [6.07, 6.45) is 3.37. The lowest BCUT2D eigenvalue weighted by Crippen LogP contribution is -2.43. The molecule has 3 heteroatoms. The highest BCUT2D eigenvalue weighted by molar-refractivity contribution is 5.72. The van der Waals surface area contributed by atoms with Crippen LogP contribution in [-0.4, -0.2) is 25.7 Å². The van der Waals surface area contributed by atoms with Gasteiger partial charge >= 0.3 is 5.97 Å². The number of ether oxygens (including phenoxy) is 1. The predicted octanol–water partition coefficient (Wildman–Crippen LogP) is 1.19. The Balaban J connectivity index is 1.91. The Kier molecular flexibility index (Phi) is 3.06. The summed E-state index contributed by atoms with van der Waals surface area (Å²) in [5.74, 6) is 1.62. The molecule has 0 aromatic heterocycles. The van der Waals surface area contributed by atoms with Gasteiger partial charge in [0.2, 0.25) is 0 Å². The Morgan fingerprint density at radius 2 is 1.93 bits per heavy atom. The van der Waals surface area contributed by atoms with Gasteiger partial charge in [0.05, 0.1) is 12.5 Å². The van der Waals surface area contributed by atoms with Gasteiger partial charge in [0.1, 0.15) is 0 Å². The molecule has 1 N–H and O–H groups in total. The zero-order valence-corrected chi connectivity index (χ0v) is 8.79. The Morgan fingerprint density at radius 1 is 1.29 bits per heavy atom. The third kappa shape index (κ3) is 2.08. The average molecular weight is 197 g/mol. The Labute approximate surface area is 85.2 Å². The summed E-state index contributed by atoms with van der Waals surface area (Å²) in [4.78, 5) is 11.6. The minimum absolute atomic E-state index is 0.0316. The van der Waals surface area contributed by atoms with E-state index in [1.165, 1.54) is 6.42 Å². The van der Waals surface area contributed by atoms with Crippen molar-refractivity contribution >= 4 is 5.97 Å². The third-order valence-electron chi connectivity index (χ3n) is 3.39. The van der Waals surface area contributed by atoms with Crippen LogP contribution < -0.4 is 5.32 Å². The second kappa shape index (κ2) is 4.30. The van der Waals surface area contributed by atoms with Crippen molar-refractivity contribution in [2.75, 3.05) is 19.7 Å². The van der Waals surface area contributed by atoms with E-state index in [0.29, 0.717) is 18.4 Å². The van der Waals surface area contributed by atoms with Crippen LogP contribution in [0.5, 0.6) is 0 Å². The molecule has 14 heavy (non-hydrogen) atoms. The van der Waals surface area contributed by atoms with Gasteiger partial charge in [0, 0.05) is 0 Å². The fourth-order valence-electron chi connectivity index (χ4n) is 2.84. The van der Waals surface area contributed by atoms with E-state index in [4.69, 9.17) is 4.74 Å².